The molecule has 1 fully saturated rings. The van der Waals surface area contributed by atoms with E-state index in [0.29, 0.717) is 24.2 Å². The maximum Gasteiger partial charge on any atom is 0.262 e. The first-order valence-corrected chi connectivity index (χ1v) is 11.7. The summed E-state index contributed by atoms with van der Waals surface area (Å²) in [5.74, 6) is -0.668. The quantitative estimate of drug-likeness (QED) is 0.758. The van der Waals surface area contributed by atoms with E-state index >= 15 is 0 Å². The molecule has 3 N–H and O–H groups in total. The number of nitrogens with zero attached hydrogens (tertiary/aromatic N) is 1. The van der Waals surface area contributed by atoms with Crippen molar-refractivity contribution in [2.24, 2.45) is 5.73 Å². The number of benzene rings is 2. The lowest BCUT2D eigenvalue weighted by Gasteiger charge is -2.28. The van der Waals surface area contributed by atoms with E-state index in [4.69, 9.17) is 5.73 Å². The minimum atomic E-state index is -4.00. The fourth-order valence-corrected chi connectivity index (χ4v) is 6.09. The number of aryl methyl sites for hydroxylation is 1. The van der Waals surface area contributed by atoms with Crippen molar-refractivity contribution in [3.05, 3.63) is 53.6 Å². The molecule has 0 unspecified atom stereocenters. The van der Waals surface area contributed by atoms with Gasteiger partial charge in [0.25, 0.3) is 15.9 Å². The summed E-state index contributed by atoms with van der Waals surface area (Å²) >= 11 is 0. The number of amides is 1. The molecule has 1 aliphatic heterocycles. The molecular formula is C18H21N3O5S2. The summed E-state index contributed by atoms with van der Waals surface area (Å²) in [4.78, 5) is 11.5. The first-order valence-electron chi connectivity index (χ1n) is 8.64. The third-order valence-electron chi connectivity index (χ3n) is 4.52. The molecule has 1 amide bonds. The van der Waals surface area contributed by atoms with Crippen LogP contribution in [0.15, 0.2) is 47.4 Å². The van der Waals surface area contributed by atoms with Crippen molar-refractivity contribution < 1.29 is 21.6 Å². The Hall–Kier alpha value is -2.59. The van der Waals surface area contributed by atoms with Crippen LogP contribution in [0.1, 0.15) is 28.8 Å². The van der Waals surface area contributed by atoms with E-state index in [2.05, 4.69) is 4.72 Å². The molecule has 150 valence electrons. The second-order valence-corrected chi connectivity index (χ2v) is 10.2. The monoisotopic (exact) mass is 423 g/mol. The molecule has 3 rings (SSSR count). The third-order valence-corrected chi connectivity index (χ3v) is 7.92. The van der Waals surface area contributed by atoms with Crippen LogP contribution in [0.5, 0.6) is 0 Å². The highest BCUT2D eigenvalue weighted by Gasteiger charge is 2.27. The van der Waals surface area contributed by atoms with Gasteiger partial charge in [-0.2, -0.15) is 0 Å². The third kappa shape index (κ3) is 3.97. The van der Waals surface area contributed by atoms with E-state index in [0.717, 1.165) is 6.42 Å². The average Bonchev–Trinajstić information content (AvgIpc) is 2.61. The van der Waals surface area contributed by atoms with Crippen molar-refractivity contribution >= 4 is 37.3 Å². The molecule has 0 aliphatic carbocycles. The van der Waals surface area contributed by atoms with Gasteiger partial charge in [0, 0.05) is 6.54 Å². The Kier molecular flexibility index (Phi) is 5.35. The van der Waals surface area contributed by atoms with Crippen LogP contribution < -0.4 is 14.8 Å². The van der Waals surface area contributed by atoms with E-state index < -0.39 is 26.0 Å². The predicted molar refractivity (Wildman–Crippen MR) is 107 cm³/mol. The topological polar surface area (TPSA) is 127 Å². The lowest BCUT2D eigenvalue weighted by atomic mass is 10.2. The summed E-state index contributed by atoms with van der Waals surface area (Å²) in [5.41, 5.74) is 6.26. The van der Waals surface area contributed by atoms with Crippen LogP contribution >= 0.6 is 0 Å². The number of para-hydroxylation sites is 1. The summed E-state index contributed by atoms with van der Waals surface area (Å²) in [6.45, 7) is 1.97. The van der Waals surface area contributed by atoms with Gasteiger partial charge in [0.1, 0.15) is 0 Å². The standard InChI is InChI=1S/C18H21N3O5S2/c1-13-12-14(21-10-4-5-11-27(21,23)24)8-9-17(13)28(25,26)20-16-7-3-2-6-15(16)18(19)22/h2-3,6-9,12,20H,4-5,10-11H2,1H3,(H2,19,22). The van der Waals surface area contributed by atoms with Crippen molar-refractivity contribution in [1.29, 1.82) is 0 Å². The van der Waals surface area contributed by atoms with Crippen molar-refractivity contribution in [3.8, 4) is 0 Å². The Balaban J connectivity index is 1.95. The molecule has 2 aromatic carbocycles. The van der Waals surface area contributed by atoms with E-state index in [1.54, 1.807) is 19.1 Å². The van der Waals surface area contributed by atoms with Gasteiger partial charge >= 0.3 is 0 Å². The second kappa shape index (κ2) is 7.44. The van der Waals surface area contributed by atoms with Crippen molar-refractivity contribution in [2.75, 3.05) is 21.3 Å². The Bertz CT molecular complexity index is 1130. The molecule has 10 heteroatoms. The minimum Gasteiger partial charge on any atom is -0.366 e. The molecule has 1 saturated heterocycles. The Morgan fingerprint density at radius 3 is 2.50 bits per heavy atom. The lowest BCUT2D eigenvalue weighted by Crippen LogP contribution is -2.37. The number of carbonyl (C=O) groups is 1. The summed E-state index contributed by atoms with van der Waals surface area (Å²) < 4.78 is 53.9. The predicted octanol–water partition coefficient (Wildman–Crippen LogP) is 1.82. The van der Waals surface area contributed by atoms with E-state index in [-0.39, 0.29) is 21.9 Å². The van der Waals surface area contributed by atoms with E-state index in [9.17, 15) is 21.6 Å². The number of primary amides is 1. The maximum absolute atomic E-state index is 12.8. The Labute approximate surface area is 164 Å². The van der Waals surface area contributed by atoms with Crippen molar-refractivity contribution in [3.63, 3.8) is 0 Å². The number of nitrogens with two attached hydrogens (primary N) is 1. The fraction of sp³-hybridized carbons (Fsp3) is 0.278. The molecular weight excluding hydrogens is 402 g/mol. The highest BCUT2D eigenvalue weighted by Crippen LogP contribution is 2.28. The van der Waals surface area contributed by atoms with Gasteiger partial charge in [0.15, 0.2) is 0 Å². The average molecular weight is 424 g/mol. The smallest absolute Gasteiger partial charge is 0.262 e. The number of rotatable bonds is 5. The number of hydrogen-bond donors (Lipinski definition) is 2. The zero-order valence-electron chi connectivity index (χ0n) is 15.3. The molecule has 0 atom stereocenters. The van der Waals surface area contributed by atoms with Gasteiger partial charge in [-0.25, -0.2) is 16.8 Å². The molecule has 0 bridgehead atoms. The number of anilines is 2. The largest absolute Gasteiger partial charge is 0.366 e. The summed E-state index contributed by atoms with van der Waals surface area (Å²) in [5, 5.41) is 0. The van der Waals surface area contributed by atoms with Gasteiger partial charge in [-0.15, -0.1) is 0 Å². The minimum absolute atomic E-state index is 0.00932. The molecule has 28 heavy (non-hydrogen) atoms. The fourth-order valence-electron chi connectivity index (χ4n) is 3.16. The van der Waals surface area contributed by atoms with E-state index in [1.807, 2.05) is 0 Å². The normalized spacial score (nSPS) is 16.5. The molecule has 0 spiro atoms. The van der Waals surface area contributed by atoms with Gasteiger partial charge in [-0.1, -0.05) is 12.1 Å². The van der Waals surface area contributed by atoms with Crippen LogP contribution in [0.2, 0.25) is 0 Å². The summed E-state index contributed by atoms with van der Waals surface area (Å²) in [7, 11) is -7.39. The number of carbonyl (C=O) groups excluding carboxylic acids is 1. The van der Waals surface area contributed by atoms with Crippen LogP contribution in [-0.4, -0.2) is 35.0 Å². The van der Waals surface area contributed by atoms with Gasteiger partial charge in [-0.05, 0) is 55.7 Å². The van der Waals surface area contributed by atoms with Crippen LogP contribution in [-0.2, 0) is 20.0 Å². The Morgan fingerprint density at radius 1 is 1.14 bits per heavy atom. The van der Waals surface area contributed by atoms with Crippen LogP contribution in [0.25, 0.3) is 0 Å². The molecule has 0 aromatic heterocycles. The number of sulfonamides is 2. The first-order chi connectivity index (χ1) is 13.1. The molecule has 0 radical (unpaired) electrons. The Morgan fingerprint density at radius 2 is 1.86 bits per heavy atom. The van der Waals surface area contributed by atoms with Gasteiger partial charge in [-0.3, -0.25) is 13.8 Å². The van der Waals surface area contributed by atoms with Crippen LogP contribution in [0.4, 0.5) is 11.4 Å². The summed E-state index contributed by atoms with van der Waals surface area (Å²) in [6.07, 6.45) is 1.37. The van der Waals surface area contributed by atoms with Gasteiger partial charge in [0.05, 0.1) is 27.6 Å². The number of hydrogen-bond acceptors (Lipinski definition) is 5. The zero-order valence-corrected chi connectivity index (χ0v) is 16.9. The van der Waals surface area contributed by atoms with Crippen LogP contribution in [0.3, 0.4) is 0 Å². The molecule has 8 nitrogen and oxygen atoms in total. The highest BCUT2D eigenvalue weighted by molar-refractivity contribution is 7.93. The van der Waals surface area contributed by atoms with Crippen molar-refractivity contribution in [2.45, 2.75) is 24.7 Å². The lowest BCUT2D eigenvalue weighted by molar-refractivity contribution is 0.100. The number of nitrogens with one attached hydrogen (secondary N) is 1. The molecule has 1 aliphatic rings. The van der Waals surface area contributed by atoms with Gasteiger partial charge < -0.3 is 5.73 Å². The molecule has 1 heterocycles. The van der Waals surface area contributed by atoms with E-state index in [1.165, 1.54) is 34.6 Å². The SMILES string of the molecule is Cc1cc(N2CCCCS2(=O)=O)ccc1S(=O)(=O)Nc1ccccc1C(N)=O. The van der Waals surface area contributed by atoms with Crippen LogP contribution in [0, 0.1) is 6.92 Å². The summed E-state index contributed by atoms with van der Waals surface area (Å²) in [6, 6.07) is 10.4. The molecule has 0 saturated carbocycles. The molecule has 2 aromatic rings. The highest BCUT2D eigenvalue weighted by atomic mass is 32.2. The zero-order chi connectivity index (χ0) is 20.5. The van der Waals surface area contributed by atoms with Gasteiger partial charge in [0.2, 0.25) is 10.0 Å². The first kappa shape index (κ1) is 20.2. The second-order valence-electron chi connectivity index (χ2n) is 6.56. The maximum atomic E-state index is 12.8. The van der Waals surface area contributed by atoms with Crippen molar-refractivity contribution in [1.82, 2.24) is 0 Å².